The summed E-state index contributed by atoms with van der Waals surface area (Å²) in [4.78, 5) is 0. The second kappa shape index (κ2) is 15.6. The molecule has 272 valence electrons. The quantitative estimate of drug-likeness (QED) is 0.178. The number of rotatable bonds is 2. The third-order valence-corrected chi connectivity index (χ3v) is 11.7. The van der Waals surface area contributed by atoms with Crippen molar-refractivity contribution in [2.45, 2.75) is 124 Å². The molecule has 3 aromatic rings. The molecule has 3 aromatic carbocycles. The zero-order chi connectivity index (χ0) is 37.4. The van der Waals surface area contributed by atoms with Crippen LogP contribution in [0.5, 0.6) is 0 Å². The van der Waals surface area contributed by atoms with Crippen LogP contribution in [0.25, 0.3) is 11.1 Å². The van der Waals surface area contributed by atoms with Gasteiger partial charge in [-0.25, -0.2) is 5.57 Å². The van der Waals surface area contributed by atoms with Gasteiger partial charge in [-0.1, -0.05) is 108 Å². The summed E-state index contributed by atoms with van der Waals surface area (Å²) in [6.07, 6.45) is 13.5. The minimum atomic E-state index is -4.23. The van der Waals surface area contributed by atoms with Gasteiger partial charge in [0, 0.05) is 0 Å². The van der Waals surface area contributed by atoms with E-state index in [9.17, 15) is 13.2 Å². The molecule has 51 heavy (non-hydrogen) atoms. The number of hydrogen-bond acceptors (Lipinski definition) is 0. The van der Waals surface area contributed by atoms with Crippen molar-refractivity contribution >= 4 is 4.21 Å². The van der Waals surface area contributed by atoms with Crippen LogP contribution in [0.1, 0.15) is 128 Å². The normalized spacial score (nSPS) is 25.5. The molecule has 0 amide bonds. The molecule has 1 unspecified atom stereocenters. The number of hydrogen-bond donors (Lipinski definition) is 0. The van der Waals surface area contributed by atoms with Crippen LogP contribution in [-0.2, 0) is 47.7 Å². The predicted octanol–water partition coefficient (Wildman–Crippen LogP) is 13.0. The summed E-state index contributed by atoms with van der Waals surface area (Å²) in [6, 6.07) is 22.0. The van der Waals surface area contributed by atoms with Gasteiger partial charge in [0.15, 0.2) is 0 Å². The van der Waals surface area contributed by atoms with Gasteiger partial charge < -0.3 is 0 Å². The van der Waals surface area contributed by atoms with Crippen LogP contribution in [-0.4, -0.2) is 4.21 Å². The van der Waals surface area contributed by atoms with Crippen molar-refractivity contribution in [2.24, 2.45) is 29.1 Å². The van der Waals surface area contributed by atoms with E-state index in [-0.39, 0.29) is 10.8 Å². The third kappa shape index (κ3) is 9.62. The number of fused-ring (bicyclic) bond motifs is 3. The summed E-state index contributed by atoms with van der Waals surface area (Å²) >= 11 is 1.30. The summed E-state index contributed by atoms with van der Waals surface area (Å²) in [5.41, 5.74) is 11.9. The Labute approximate surface area is 321 Å². The standard InChI is InChI=1S/C21H25.C18H25.C7H4F3.CH2.Zr/c1-20(2,3)16-9-7-14-11-15-8-10-17(21(4,5)6)13-19(15)18(14)12-16;1-12-3-13(2)17(4-12)11-18-8-14-5-15(9-18)7-16(6-14)10-18;8-7(9,10)6-4-2-1-3-5-6;;/h7,9-10,12-13H,11H2,1-6H3;4,12,14-16H,5-11H2,1-2H3;2-5H;1H2;/q3*-1;;. The molecule has 4 saturated carbocycles. The van der Waals surface area contributed by atoms with Crippen LogP contribution in [0, 0.1) is 47.3 Å². The molecule has 0 nitrogen and oxygen atoms in total. The molecule has 0 aromatic heterocycles. The van der Waals surface area contributed by atoms with Crippen molar-refractivity contribution in [3.8, 4) is 11.1 Å². The molecule has 9 rings (SSSR count). The van der Waals surface area contributed by atoms with Gasteiger partial charge in [0.2, 0.25) is 0 Å². The molecular weight excluding hydrogens is 713 g/mol. The Kier molecular flexibility index (Phi) is 12.2. The molecule has 0 aliphatic heterocycles. The molecule has 4 fully saturated rings. The molecule has 6 aliphatic rings. The fourth-order valence-corrected chi connectivity index (χ4v) is 9.57. The van der Waals surface area contributed by atoms with Gasteiger partial charge in [-0.2, -0.15) is 84.5 Å². The average molecular weight is 769 g/mol. The van der Waals surface area contributed by atoms with Crippen LogP contribution >= 0.6 is 0 Å². The van der Waals surface area contributed by atoms with Crippen LogP contribution in [0.15, 0.2) is 71.8 Å². The Morgan fingerprint density at radius 2 is 1.33 bits per heavy atom. The van der Waals surface area contributed by atoms with Crippen molar-refractivity contribution in [1.82, 2.24) is 0 Å². The van der Waals surface area contributed by atoms with Crippen LogP contribution in [0.4, 0.5) is 13.2 Å². The molecular formula is C47H56F3Zr-3. The van der Waals surface area contributed by atoms with Gasteiger partial charge in [-0.3, -0.25) is 6.08 Å². The summed E-state index contributed by atoms with van der Waals surface area (Å²) < 4.78 is 38.7. The first-order chi connectivity index (χ1) is 23.9. The van der Waals surface area contributed by atoms with Gasteiger partial charge in [-0.15, -0.1) is 5.56 Å². The summed E-state index contributed by atoms with van der Waals surface area (Å²) in [5.74, 6) is 3.82. The fourth-order valence-electron chi connectivity index (χ4n) is 9.57. The number of halogens is 3. The molecule has 0 radical (unpaired) electrons. The van der Waals surface area contributed by atoms with E-state index < -0.39 is 11.7 Å². The van der Waals surface area contributed by atoms with E-state index in [1.54, 1.807) is 44.1 Å². The second-order valence-corrected chi connectivity index (χ2v) is 18.0. The van der Waals surface area contributed by atoms with Crippen molar-refractivity contribution in [2.75, 3.05) is 0 Å². The molecule has 4 heteroatoms. The molecule has 0 spiro atoms. The van der Waals surface area contributed by atoms with Gasteiger partial charge >= 0.3 is 34.6 Å². The van der Waals surface area contributed by atoms with E-state index in [4.69, 9.17) is 0 Å². The predicted molar refractivity (Wildman–Crippen MR) is 203 cm³/mol. The maximum absolute atomic E-state index is 11.8. The van der Waals surface area contributed by atoms with Gasteiger partial charge in [0.1, 0.15) is 0 Å². The van der Waals surface area contributed by atoms with Crippen molar-refractivity contribution < 1.29 is 37.4 Å². The van der Waals surface area contributed by atoms with E-state index in [0.29, 0.717) is 11.3 Å². The summed E-state index contributed by atoms with van der Waals surface area (Å²) in [6.45, 7) is 18.2. The first kappa shape index (κ1) is 39.9. The molecule has 1 atom stereocenters. The summed E-state index contributed by atoms with van der Waals surface area (Å²) in [5, 5.41) is 0. The topological polar surface area (TPSA) is 0 Å². The van der Waals surface area contributed by atoms with E-state index >= 15 is 0 Å². The van der Waals surface area contributed by atoms with Crippen LogP contribution < -0.4 is 0 Å². The van der Waals surface area contributed by atoms with Crippen molar-refractivity contribution in [1.29, 1.82) is 0 Å². The van der Waals surface area contributed by atoms with Crippen molar-refractivity contribution in [3.05, 3.63) is 118 Å². The molecule has 0 heterocycles. The second-order valence-electron chi connectivity index (χ2n) is 18.0. The first-order valence-corrected chi connectivity index (χ1v) is 20.5. The maximum atomic E-state index is 11.8. The van der Waals surface area contributed by atoms with E-state index in [0.717, 1.165) is 36.3 Å². The molecule has 6 aliphatic carbocycles. The molecule has 0 saturated heterocycles. The Bertz CT molecular complexity index is 1630. The Morgan fingerprint density at radius 3 is 1.80 bits per heavy atom. The average Bonchev–Trinajstić information content (AvgIpc) is 3.57. The molecule has 4 bridgehead atoms. The summed E-state index contributed by atoms with van der Waals surface area (Å²) in [7, 11) is 0. The minimum absolute atomic E-state index is 0.177. The first-order valence-electron chi connectivity index (χ1n) is 18.8. The van der Waals surface area contributed by atoms with E-state index in [2.05, 4.69) is 114 Å². The van der Waals surface area contributed by atoms with E-state index in [1.807, 2.05) is 0 Å². The number of benzene rings is 3. The third-order valence-electron chi connectivity index (χ3n) is 11.7. The van der Waals surface area contributed by atoms with Gasteiger partial charge in [-0.05, 0) is 79.1 Å². The Balaban J connectivity index is 0.000000153. The van der Waals surface area contributed by atoms with Crippen LogP contribution in [0.2, 0.25) is 0 Å². The zero-order valence-corrected chi connectivity index (χ0v) is 34.5. The number of alkyl halides is 3. The Hall–Kier alpha value is -2.32. The van der Waals surface area contributed by atoms with Crippen LogP contribution in [0.3, 0.4) is 0 Å². The monoisotopic (exact) mass is 767 g/mol. The fraction of sp³-hybridized carbons (Fsp3) is 0.511. The van der Waals surface area contributed by atoms with Gasteiger partial charge in [0.05, 0.1) is 0 Å². The van der Waals surface area contributed by atoms with Gasteiger partial charge in [0.25, 0.3) is 0 Å². The van der Waals surface area contributed by atoms with E-state index in [1.165, 1.54) is 81.7 Å². The number of allylic oxidation sites excluding steroid dienone is 4. The Morgan fingerprint density at radius 1 is 0.784 bits per heavy atom. The zero-order valence-electron chi connectivity index (χ0n) is 32.1. The van der Waals surface area contributed by atoms with Crippen molar-refractivity contribution in [3.63, 3.8) is 0 Å². The SMILES string of the molecule is CC(C)(C)c1c[c-]c2c(c1)-c1cc(C(C)(C)C)ccc1C2.CC1=[C-]C(C)C=C1CC12CC3CC(CC(C3)C1)C2.FC(F)(F)c1cc[c-]cc1.[CH2]=[Zr]. The molecule has 0 N–H and O–H groups in total.